The molecule has 0 bridgehead atoms. The molecule has 0 radical (unpaired) electrons. The monoisotopic (exact) mass is 456 g/mol. The Kier molecular flexibility index (Phi) is 5.42. The van der Waals surface area contributed by atoms with Crippen LogP contribution in [0.15, 0.2) is 47.5 Å². The second-order valence-corrected chi connectivity index (χ2v) is 7.21. The molecular formula is C17H14FIN2O2S. The Morgan fingerprint density at radius 2 is 2.12 bits per heavy atom. The number of thiazole rings is 1. The number of rotatable bonds is 4. The smallest absolute Gasteiger partial charge is 0.280 e. The molecule has 2 aromatic carbocycles. The van der Waals surface area contributed by atoms with Gasteiger partial charge in [-0.05, 0) is 52.9 Å². The summed E-state index contributed by atoms with van der Waals surface area (Å²) in [5, 5.41) is 0. The third-order valence-corrected chi connectivity index (χ3v) is 5.45. The van der Waals surface area contributed by atoms with Crippen molar-refractivity contribution in [1.29, 1.82) is 0 Å². The number of hydrogen-bond acceptors (Lipinski definition) is 3. The number of fused-ring (bicyclic) bond motifs is 1. The zero-order valence-electron chi connectivity index (χ0n) is 12.8. The highest BCUT2D eigenvalue weighted by Crippen LogP contribution is 2.19. The third-order valence-electron chi connectivity index (χ3n) is 3.47. The van der Waals surface area contributed by atoms with E-state index in [4.69, 9.17) is 4.74 Å². The standard InChI is InChI=1S/C17H14FIN2O2S/c1-23-9-8-21-14-7-6-11(18)10-15(14)24-17(21)20-16(22)12-4-2-3-5-13(12)19/h2-7,10H,8-9H2,1H3. The van der Waals surface area contributed by atoms with Crippen LogP contribution in [0.5, 0.6) is 0 Å². The predicted octanol–water partition coefficient (Wildman–Crippen LogP) is 3.83. The van der Waals surface area contributed by atoms with Crippen LogP contribution in [0.25, 0.3) is 10.2 Å². The van der Waals surface area contributed by atoms with E-state index in [-0.39, 0.29) is 11.7 Å². The van der Waals surface area contributed by atoms with Gasteiger partial charge in [0.1, 0.15) is 5.82 Å². The van der Waals surface area contributed by atoms with E-state index in [1.54, 1.807) is 19.2 Å². The fourth-order valence-electron chi connectivity index (χ4n) is 2.31. The lowest BCUT2D eigenvalue weighted by atomic mass is 10.2. The van der Waals surface area contributed by atoms with E-state index >= 15 is 0 Å². The maximum absolute atomic E-state index is 13.5. The van der Waals surface area contributed by atoms with Gasteiger partial charge in [-0.3, -0.25) is 4.79 Å². The Hall–Kier alpha value is -1.58. The third kappa shape index (κ3) is 3.57. The van der Waals surface area contributed by atoms with Gasteiger partial charge < -0.3 is 9.30 Å². The van der Waals surface area contributed by atoms with Gasteiger partial charge in [0.2, 0.25) is 0 Å². The normalized spacial score (nSPS) is 12.0. The number of halogens is 2. The van der Waals surface area contributed by atoms with Crippen molar-refractivity contribution in [2.75, 3.05) is 13.7 Å². The average Bonchev–Trinajstić information content (AvgIpc) is 2.89. The molecule has 1 amide bonds. The zero-order chi connectivity index (χ0) is 17.1. The van der Waals surface area contributed by atoms with Gasteiger partial charge in [-0.2, -0.15) is 4.99 Å². The average molecular weight is 456 g/mol. The minimum absolute atomic E-state index is 0.307. The van der Waals surface area contributed by atoms with Crippen molar-refractivity contribution >= 4 is 50.1 Å². The van der Waals surface area contributed by atoms with Crippen LogP contribution >= 0.6 is 33.9 Å². The van der Waals surface area contributed by atoms with E-state index in [2.05, 4.69) is 27.6 Å². The molecule has 0 aliphatic heterocycles. The summed E-state index contributed by atoms with van der Waals surface area (Å²) >= 11 is 3.41. The highest BCUT2D eigenvalue weighted by molar-refractivity contribution is 14.1. The number of hydrogen-bond donors (Lipinski definition) is 0. The Balaban J connectivity index is 2.13. The molecule has 24 heavy (non-hydrogen) atoms. The van der Waals surface area contributed by atoms with Gasteiger partial charge in [0.05, 0.1) is 22.4 Å². The summed E-state index contributed by atoms with van der Waals surface area (Å²) in [5.41, 5.74) is 1.40. The van der Waals surface area contributed by atoms with Gasteiger partial charge in [-0.25, -0.2) is 4.39 Å². The Morgan fingerprint density at radius 3 is 2.88 bits per heavy atom. The zero-order valence-corrected chi connectivity index (χ0v) is 15.8. The molecule has 7 heteroatoms. The number of amides is 1. The van der Waals surface area contributed by atoms with Crippen molar-refractivity contribution in [2.45, 2.75) is 6.54 Å². The topological polar surface area (TPSA) is 43.6 Å². The van der Waals surface area contributed by atoms with Crippen LogP contribution in [0.1, 0.15) is 10.4 Å². The van der Waals surface area contributed by atoms with E-state index in [9.17, 15) is 9.18 Å². The van der Waals surface area contributed by atoms with Crippen LogP contribution in [-0.4, -0.2) is 24.2 Å². The summed E-state index contributed by atoms with van der Waals surface area (Å²) in [6.45, 7) is 1.02. The number of aromatic nitrogens is 1. The fourth-order valence-corrected chi connectivity index (χ4v) is 4.01. The van der Waals surface area contributed by atoms with Crippen molar-refractivity contribution in [2.24, 2.45) is 4.99 Å². The number of ether oxygens (including phenoxy) is 1. The first-order valence-electron chi connectivity index (χ1n) is 7.21. The second kappa shape index (κ2) is 7.54. The van der Waals surface area contributed by atoms with E-state index in [1.807, 2.05) is 22.8 Å². The summed E-state index contributed by atoms with van der Waals surface area (Å²) in [7, 11) is 1.61. The first-order chi connectivity index (χ1) is 11.6. The Morgan fingerprint density at radius 1 is 1.33 bits per heavy atom. The number of nitrogens with zero attached hydrogens (tertiary/aromatic N) is 2. The van der Waals surface area contributed by atoms with Gasteiger partial charge in [0, 0.05) is 17.2 Å². The van der Waals surface area contributed by atoms with Crippen LogP contribution in [0.3, 0.4) is 0 Å². The van der Waals surface area contributed by atoms with Gasteiger partial charge in [0.15, 0.2) is 4.80 Å². The lowest BCUT2D eigenvalue weighted by Gasteiger charge is -2.04. The molecule has 0 spiro atoms. The van der Waals surface area contributed by atoms with Gasteiger partial charge in [-0.1, -0.05) is 23.5 Å². The Labute approximate surface area is 155 Å². The largest absolute Gasteiger partial charge is 0.383 e. The molecule has 3 rings (SSSR count). The number of methoxy groups -OCH3 is 1. The van der Waals surface area contributed by atoms with Crippen molar-refractivity contribution in [3.05, 3.63) is 62.2 Å². The summed E-state index contributed by atoms with van der Waals surface area (Å²) < 4.78 is 22.1. The molecule has 0 fully saturated rings. The molecule has 0 aliphatic carbocycles. The Bertz CT molecular complexity index is 965. The highest BCUT2D eigenvalue weighted by atomic mass is 127. The van der Waals surface area contributed by atoms with Crippen molar-refractivity contribution < 1.29 is 13.9 Å². The number of carbonyl (C=O) groups excluding carboxylic acids is 1. The van der Waals surface area contributed by atoms with E-state index < -0.39 is 0 Å². The fraction of sp³-hybridized carbons (Fsp3) is 0.176. The highest BCUT2D eigenvalue weighted by Gasteiger charge is 2.11. The molecule has 0 saturated carbocycles. The minimum Gasteiger partial charge on any atom is -0.383 e. The maximum Gasteiger partial charge on any atom is 0.280 e. The lowest BCUT2D eigenvalue weighted by Crippen LogP contribution is -2.19. The quantitative estimate of drug-likeness (QED) is 0.561. The molecular weight excluding hydrogens is 442 g/mol. The van der Waals surface area contributed by atoms with Crippen LogP contribution in [0.4, 0.5) is 4.39 Å². The molecule has 124 valence electrons. The van der Waals surface area contributed by atoms with Crippen LogP contribution < -0.4 is 4.80 Å². The van der Waals surface area contributed by atoms with Crippen LogP contribution in [0, 0.1) is 9.39 Å². The van der Waals surface area contributed by atoms with Crippen molar-refractivity contribution in [3.63, 3.8) is 0 Å². The summed E-state index contributed by atoms with van der Waals surface area (Å²) in [5.74, 6) is -0.615. The maximum atomic E-state index is 13.5. The van der Waals surface area contributed by atoms with Crippen molar-refractivity contribution in [3.8, 4) is 0 Å². The van der Waals surface area contributed by atoms with E-state index in [0.29, 0.717) is 23.5 Å². The molecule has 1 heterocycles. The van der Waals surface area contributed by atoms with E-state index in [0.717, 1.165) is 13.8 Å². The molecule has 0 saturated heterocycles. The molecule has 4 nitrogen and oxygen atoms in total. The SMILES string of the molecule is COCCn1c(=NC(=O)c2ccccc2I)sc2cc(F)ccc21. The molecule has 3 aromatic rings. The summed E-state index contributed by atoms with van der Waals surface area (Å²) in [4.78, 5) is 17.3. The predicted molar refractivity (Wildman–Crippen MR) is 101 cm³/mol. The molecule has 0 aliphatic rings. The summed E-state index contributed by atoms with van der Waals surface area (Å²) in [6.07, 6.45) is 0. The van der Waals surface area contributed by atoms with Gasteiger partial charge >= 0.3 is 0 Å². The minimum atomic E-state index is -0.307. The van der Waals surface area contributed by atoms with Crippen LogP contribution in [0.2, 0.25) is 0 Å². The number of benzene rings is 2. The number of carbonyl (C=O) groups is 1. The van der Waals surface area contributed by atoms with Gasteiger partial charge in [-0.15, -0.1) is 0 Å². The summed E-state index contributed by atoms with van der Waals surface area (Å²) in [6, 6.07) is 11.9. The molecule has 0 N–H and O–H groups in total. The lowest BCUT2D eigenvalue weighted by molar-refractivity contribution is 0.0996. The molecule has 0 atom stereocenters. The van der Waals surface area contributed by atoms with Crippen molar-refractivity contribution in [1.82, 2.24) is 4.57 Å². The first kappa shape index (κ1) is 17.2. The van der Waals surface area contributed by atoms with E-state index in [1.165, 1.54) is 23.5 Å². The van der Waals surface area contributed by atoms with Crippen LogP contribution in [-0.2, 0) is 11.3 Å². The first-order valence-corrected chi connectivity index (χ1v) is 9.11. The van der Waals surface area contributed by atoms with Gasteiger partial charge in [0.25, 0.3) is 5.91 Å². The second-order valence-electron chi connectivity index (χ2n) is 5.04. The molecule has 1 aromatic heterocycles. The molecule has 0 unspecified atom stereocenters.